The molecule has 7 nitrogen and oxygen atoms in total. The molecule has 2 aliphatic heterocycles. The van der Waals surface area contributed by atoms with E-state index in [9.17, 15) is 9.59 Å². The number of hydrogen-bond acceptors (Lipinski definition) is 4. The van der Waals surface area contributed by atoms with Gasteiger partial charge >= 0.3 is 6.03 Å². The lowest BCUT2D eigenvalue weighted by molar-refractivity contribution is -0.187. The molecule has 0 saturated carbocycles. The molecule has 29 heavy (non-hydrogen) atoms. The first kappa shape index (κ1) is 19.4. The van der Waals surface area contributed by atoms with Crippen molar-refractivity contribution < 1.29 is 19.3 Å². The van der Waals surface area contributed by atoms with E-state index in [0.29, 0.717) is 26.2 Å². The van der Waals surface area contributed by atoms with Crippen LogP contribution in [-0.2, 0) is 27.7 Å². The molecule has 7 heteroatoms. The molecule has 4 rings (SSSR count). The van der Waals surface area contributed by atoms with E-state index in [0.717, 1.165) is 17.5 Å². The number of likely N-dealkylation sites (N-methyl/N-ethyl adjacent to an activating group) is 1. The summed E-state index contributed by atoms with van der Waals surface area (Å²) in [5.41, 5.74) is 1.98. The number of carbonyl (C=O) groups is 2. The zero-order valence-electron chi connectivity index (χ0n) is 16.4. The normalized spacial score (nSPS) is 20.8. The Labute approximate surface area is 170 Å². The van der Waals surface area contributed by atoms with Crippen LogP contribution in [0.15, 0.2) is 60.7 Å². The van der Waals surface area contributed by atoms with E-state index in [-0.39, 0.29) is 18.0 Å². The van der Waals surface area contributed by atoms with Crippen LogP contribution in [-0.4, -0.2) is 52.6 Å². The molecule has 2 fully saturated rings. The van der Waals surface area contributed by atoms with Crippen molar-refractivity contribution in [2.24, 2.45) is 0 Å². The third-order valence-corrected chi connectivity index (χ3v) is 5.40. The van der Waals surface area contributed by atoms with Gasteiger partial charge in [0.15, 0.2) is 0 Å². The van der Waals surface area contributed by atoms with Crippen molar-refractivity contribution in [3.63, 3.8) is 0 Å². The van der Waals surface area contributed by atoms with Gasteiger partial charge in [-0.15, -0.1) is 0 Å². The maximum atomic E-state index is 12.9. The molecular weight excluding hydrogens is 370 g/mol. The molecule has 0 aliphatic carbocycles. The summed E-state index contributed by atoms with van der Waals surface area (Å²) >= 11 is 0. The highest BCUT2D eigenvalue weighted by molar-refractivity contribution is 5.87. The van der Waals surface area contributed by atoms with Crippen LogP contribution in [0.5, 0.6) is 0 Å². The van der Waals surface area contributed by atoms with Crippen LogP contribution in [0, 0.1) is 0 Å². The van der Waals surface area contributed by atoms with Gasteiger partial charge in [0.25, 0.3) is 5.91 Å². The predicted octanol–water partition coefficient (Wildman–Crippen LogP) is 2.98. The van der Waals surface area contributed by atoms with Gasteiger partial charge in [-0.05, 0) is 24.0 Å². The Morgan fingerprint density at radius 1 is 1.00 bits per heavy atom. The van der Waals surface area contributed by atoms with E-state index < -0.39 is 6.04 Å². The van der Waals surface area contributed by atoms with E-state index in [1.807, 2.05) is 60.7 Å². The Morgan fingerprint density at radius 3 is 2.28 bits per heavy atom. The van der Waals surface area contributed by atoms with E-state index in [4.69, 9.17) is 9.68 Å². The largest absolute Gasteiger partial charge is 0.345 e. The van der Waals surface area contributed by atoms with Crippen LogP contribution in [0.1, 0.15) is 24.0 Å². The third-order valence-electron chi connectivity index (χ3n) is 5.40. The van der Waals surface area contributed by atoms with E-state index in [1.165, 1.54) is 10.1 Å². The van der Waals surface area contributed by atoms with Crippen LogP contribution in [0.4, 0.5) is 4.79 Å². The lowest BCUT2D eigenvalue weighted by Gasteiger charge is -2.31. The summed E-state index contributed by atoms with van der Waals surface area (Å²) in [7, 11) is 1.60. The van der Waals surface area contributed by atoms with Crippen molar-refractivity contribution >= 4 is 11.9 Å². The second-order valence-electron chi connectivity index (χ2n) is 7.36. The van der Waals surface area contributed by atoms with Gasteiger partial charge in [0.2, 0.25) is 0 Å². The highest BCUT2D eigenvalue weighted by Crippen LogP contribution is 2.31. The molecule has 0 radical (unpaired) electrons. The van der Waals surface area contributed by atoms with Gasteiger partial charge in [-0.1, -0.05) is 60.7 Å². The minimum absolute atomic E-state index is 0.0224. The summed E-state index contributed by atoms with van der Waals surface area (Å²) in [6.45, 7) is 1.13. The molecular formula is C22H25N3O4. The fraction of sp³-hybridized carbons (Fsp3) is 0.364. The Bertz CT molecular complexity index is 846. The van der Waals surface area contributed by atoms with Crippen molar-refractivity contribution in [1.29, 1.82) is 0 Å². The van der Waals surface area contributed by atoms with Crippen molar-refractivity contribution in [3.05, 3.63) is 71.8 Å². The lowest BCUT2D eigenvalue weighted by atomic mass is 10.0. The van der Waals surface area contributed by atoms with Crippen molar-refractivity contribution in [2.45, 2.75) is 38.1 Å². The minimum Gasteiger partial charge on any atom is -0.309 e. The summed E-state index contributed by atoms with van der Waals surface area (Å²) in [6, 6.07) is 18.6. The summed E-state index contributed by atoms with van der Waals surface area (Å²) < 4.78 is 0. The smallest absolute Gasteiger partial charge is 0.309 e. The highest BCUT2D eigenvalue weighted by atomic mass is 16.7. The summed E-state index contributed by atoms with van der Waals surface area (Å²) in [5.74, 6) is -0.211. The van der Waals surface area contributed by atoms with Gasteiger partial charge in [0, 0.05) is 13.6 Å². The Balaban J connectivity index is 1.34. The van der Waals surface area contributed by atoms with E-state index in [1.54, 1.807) is 11.9 Å². The fourth-order valence-corrected chi connectivity index (χ4v) is 3.79. The van der Waals surface area contributed by atoms with Gasteiger partial charge < -0.3 is 4.90 Å². The van der Waals surface area contributed by atoms with Gasteiger partial charge in [-0.3, -0.25) is 14.5 Å². The van der Waals surface area contributed by atoms with Crippen LogP contribution < -0.4 is 0 Å². The zero-order valence-corrected chi connectivity index (χ0v) is 16.4. The van der Waals surface area contributed by atoms with Crippen LogP contribution in [0.25, 0.3) is 0 Å². The number of piperidine rings is 1. The highest BCUT2D eigenvalue weighted by Gasteiger charge is 2.48. The number of benzene rings is 2. The average Bonchev–Trinajstić information content (AvgIpc) is 3.01. The molecule has 152 valence electrons. The molecule has 0 spiro atoms. The number of rotatable bonds is 7. The Kier molecular flexibility index (Phi) is 5.78. The Hall–Kier alpha value is -2.90. The number of nitrogens with zero attached hydrogens (tertiary/aromatic N) is 3. The molecule has 2 saturated heterocycles. The van der Waals surface area contributed by atoms with Crippen molar-refractivity contribution in [1.82, 2.24) is 15.0 Å². The Morgan fingerprint density at radius 2 is 1.62 bits per heavy atom. The number of fused-ring (bicyclic) bond motifs is 2. The maximum Gasteiger partial charge on any atom is 0.345 e. The third kappa shape index (κ3) is 4.26. The molecule has 3 amide bonds. The number of hydroxylamine groups is 4. The molecule has 2 heterocycles. The monoisotopic (exact) mass is 395 g/mol. The molecule has 0 unspecified atom stereocenters. The average molecular weight is 395 g/mol. The summed E-state index contributed by atoms with van der Waals surface area (Å²) in [4.78, 5) is 38.7. The van der Waals surface area contributed by atoms with Crippen molar-refractivity contribution in [2.75, 3.05) is 13.6 Å². The first-order chi connectivity index (χ1) is 14.1. The van der Waals surface area contributed by atoms with E-state index >= 15 is 0 Å². The molecule has 2 aromatic carbocycles. The van der Waals surface area contributed by atoms with Gasteiger partial charge in [0.1, 0.15) is 19.3 Å². The lowest BCUT2D eigenvalue weighted by Crippen LogP contribution is -2.50. The zero-order chi connectivity index (χ0) is 20.2. The first-order valence-electron chi connectivity index (χ1n) is 9.84. The second kappa shape index (κ2) is 8.63. The number of carbonyl (C=O) groups excluding carboxylic acids is 2. The summed E-state index contributed by atoms with van der Waals surface area (Å²) in [5, 5.41) is 2.68. The number of amides is 3. The second-order valence-corrected chi connectivity index (χ2v) is 7.36. The molecule has 2 bridgehead atoms. The fourth-order valence-electron chi connectivity index (χ4n) is 3.79. The minimum atomic E-state index is -0.523. The first-order valence-corrected chi connectivity index (χ1v) is 9.84. The molecule has 2 atom stereocenters. The predicted molar refractivity (Wildman–Crippen MR) is 106 cm³/mol. The van der Waals surface area contributed by atoms with Crippen LogP contribution in [0.2, 0.25) is 0 Å². The van der Waals surface area contributed by atoms with Crippen molar-refractivity contribution in [3.8, 4) is 0 Å². The topological polar surface area (TPSA) is 62.3 Å². The van der Waals surface area contributed by atoms with Gasteiger partial charge in [-0.2, -0.15) is 5.06 Å². The number of urea groups is 1. The van der Waals surface area contributed by atoms with Crippen LogP contribution >= 0.6 is 0 Å². The van der Waals surface area contributed by atoms with E-state index in [2.05, 4.69) is 0 Å². The van der Waals surface area contributed by atoms with Gasteiger partial charge in [-0.25, -0.2) is 9.86 Å². The van der Waals surface area contributed by atoms with Crippen LogP contribution in [0.3, 0.4) is 0 Å². The molecule has 0 aromatic heterocycles. The van der Waals surface area contributed by atoms with Gasteiger partial charge in [0.05, 0.1) is 6.04 Å². The molecule has 2 aromatic rings. The quantitative estimate of drug-likeness (QED) is 0.676. The molecule has 2 aliphatic rings. The number of hydrogen-bond donors (Lipinski definition) is 0. The summed E-state index contributed by atoms with van der Waals surface area (Å²) in [6.07, 6.45) is 1.32. The molecule has 0 N–H and O–H groups in total. The maximum absolute atomic E-state index is 12.9. The standard InChI is InChI=1S/C22H25N3O4/c1-23(28-15-17-8-4-2-5-9-17)21(26)20-13-12-19-14-24(20)22(27)25(19)29-16-18-10-6-3-7-11-18/h2-11,19-20H,12-16H2,1H3/t19-,20-/m0/s1. The SMILES string of the molecule is CN(OCc1ccccc1)C(=O)[C@@H]1CC[C@H]2CN1C(=O)N2OCc1ccccc1.